The van der Waals surface area contributed by atoms with Crippen molar-refractivity contribution in [2.45, 2.75) is 18.9 Å². The lowest BCUT2D eigenvalue weighted by molar-refractivity contribution is -0.124. The number of ether oxygens (including phenoxy) is 1. The SMILES string of the molecule is C=CCNC(=O)C(NC(=O)c1ccccc1)C1CCN(C(=O)c2ccccc2OC)CC1. The standard InChI is InChI=1S/C25H29N3O4/c1-3-15-26-24(30)22(27-23(29)19-9-5-4-6-10-19)18-13-16-28(17-14-18)25(31)20-11-7-8-12-21(20)32-2/h3-12,18,22H,1,13-17H2,2H3,(H,26,30)(H,27,29). The maximum atomic E-state index is 13.0. The van der Waals surface area contributed by atoms with Crippen molar-refractivity contribution in [2.75, 3.05) is 26.7 Å². The largest absolute Gasteiger partial charge is 0.496 e. The molecular formula is C25H29N3O4. The number of hydrogen-bond acceptors (Lipinski definition) is 4. The van der Waals surface area contributed by atoms with Crippen LogP contribution in [0.5, 0.6) is 5.75 Å². The summed E-state index contributed by atoms with van der Waals surface area (Å²) in [6.07, 6.45) is 2.80. The van der Waals surface area contributed by atoms with Gasteiger partial charge in [0.15, 0.2) is 0 Å². The van der Waals surface area contributed by atoms with Crippen LogP contribution >= 0.6 is 0 Å². The second-order valence-corrected chi connectivity index (χ2v) is 7.68. The maximum absolute atomic E-state index is 13.0. The van der Waals surface area contributed by atoms with Crippen molar-refractivity contribution in [1.29, 1.82) is 0 Å². The Morgan fingerprint density at radius 2 is 1.75 bits per heavy atom. The lowest BCUT2D eigenvalue weighted by atomic mass is 9.88. The van der Waals surface area contributed by atoms with Crippen molar-refractivity contribution in [3.8, 4) is 5.75 Å². The highest BCUT2D eigenvalue weighted by Gasteiger charge is 2.34. The molecule has 2 aromatic rings. The van der Waals surface area contributed by atoms with Gasteiger partial charge in [-0.1, -0.05) is 36.4 Å². The van der Waals surface area contributed by atoms with E-state index in [4.69, 9.17) is 4.74 Å². The Balaban J connectivity index is 1.69. The Hall–Kier alpha value is -3.61. The molecule has 1 saturated heterocycles. The van der Waals surface area contributed by atoms with E-state index in [0.29, 0.717) is 49.4 Å². The van der Waals surface area contributed by atoms with Gasteiger partial charge in [0.1, 0.15) is 11.8 Å². The summed E-state index contributed by atoms with van der Waals surface area (Å²) in [4.78, 5) is 40.3. The van der Waals surface area contributed by atoms with Crippen molar-refractivity contribution in [3.63, 3.8) is 0 Å². The molecule has 0 radical (unpaired) electrons. The van der Waals surface area contributed by atoms with Crippen molar-refractivity contribution in [2.24, 2.45) is 5.92 Å². The highest BCUT2D eigenvalue weighted by Crippen LogP contribution is 2.25. The van der Waals surface area contributed by atoms with E-state index < -0.39 is 6.04 Å². The molecule has 1 unspecified atom stereocenters. The van der Waals surface area contributed by atoms with Crippen LogP contribution in [0.25, 0.3) is 0 Å². The summed E-state index contributed by atoms with van der Waals surface area (Å²) in [6, 6.07) is 15.3. The molecule has 0 spiro atoms. The predicted octanol–water partition coefficient (Wildman–Crippen LogP) is 2.65. The molecule has 1 aliphatic rings. The minimum Gasteiger partial charge on any atom is -0.496 e. The minimum atomic E-state index is -0.689. The molecule has 1 aliphatic heterocycles. The molecule has 0 aliphatic carbocycles. The van der Waals surface area contributed by atoms with Gasteiger partial charge < -0.3 is 20.3 Å². The summed E-state index contributed by atoms with van der Waals surface area (Å²) in [5.74, 6) is -0.187. The van der Waals surface area contributed by atoms with Crippen LogP contribution in [0.3, 0.4) is 0 Å². The van der Waals surface area contributed by atoms with Crippen LogP contribution in [0.1, 0.15) is 33.6 Å². The molecule has 0 saturated carbocycles. The Morgan fingerprint density at radius 3 is 2.41 bits per heavy atom. The number of hydrogen-bond donors (Lipinski definition) is 2. The average Bonchev–Trinajstić information content (AvgIpc) is 2.85. The molecule has 0 aromatic heterocycles. The average molecular weight is 436 g/mol. The lowest BCUT2D eigenvalue weighted by Crippen LogP contribution is -2.53. The van der Waals surface area contributed by atoms with Gasteiger partial charge >= 0.3 is 0 Å². The van der Waals surface area contributed by atoms with Crippen molar-refractivity contribution >= 4 is 17.7 Å². The zero-order valence-electron chi connectivity index (χ0n) is 18.3. The van der Waals surface area contributed by atoms with E-state index in [1.807, 2.05) is 18.2 Å². The predicted molar refractivity (Wildman–Crippen MR) is 123 cm³/mol. The molecule has 3 amide bonds. The number of benzene rings is 2. The van der Waals surface area contributed by atoms with Crippen LogP contribution < -0.4 is 15.4 Å². The molecule has 7 heteroatoms. The second-order valence-electron chi connectivity index (χ2n) is 7.68. The van der Waals surface area contributed by atoms with Gasteiger partial charge in [-0.15, -0.1) is 6.58 Å². The van der Waals surface area contributed by atoms with Gasteiger partial charge in [0.05, 0.1) is 12.7 Å². The molecule has 0 bridgehead atoms. The summed E-state index contributed by atoms with van der Waals surface area (Å²) >= 11 is 0. The van der Waals surface area contributed by atoms with E-state index in [9.17, 15) is 14.4 Å². The van der Waals surface area contributed by atoms with Gasteiger partial charge in [-0.2, -0.15) is 0 Å². The number of nitrogens with zero attached hydrogens (tertiary/aromatic N) is 1. The molecule has 3 rings (SSSR count). The fourth-order valence-electron chi connectivity index (χ4n) is 3.92. The third kappa shape index (κ3) is 5.55. The molecule has 1 fully saturated rings. The minimum absolute atomic E-state index is 0.0887. The summed E-state index contributed by atoms with van der Waals surface area (Å²) in [7, 11) is 1.54. The van der Waals surface area contributed by atoms with Crippen LogP contribution in [0.15, 0.2) is 67.3 Å². The first-order valence-corrected chi connectivity index (χ1v) is 10.7. The maximum Gasteiger partial charge on any atom is 0.257 e. The van der Waals surface area contributed by atoms with E-state index in [1.54, 1.807) is 54.5 Å². The van der Waals surface area contributed by atoms with Crippen molar-refractivity contribution in [1.82, 2.24) is 15.5 Å². The number of nitrogens with one attached hydrogen (secondary N) is 2. The van der Waals surface area contributed by atoms with Crippen molar-refractivity contribution in [3.05, 3.63) is 78.4 Å². The Morgan fingerprint density at radius 1 is 1.09 bits per heavy atom. The highest BCUT2D eigenvalue weighted by molar-refractivity contribution is 5.98. The first-order chi connectivity index (χ1) is 15.5. The number of piperidine rings is 1. The van der Waals surface area contributed by atoms with Gasteiger partial charge in [-0.05, 0) is 43.0 Å². The number of para-hydroxylation sites is 1. The van der Waals surface area contributed by atoms with Gasteiger partial charge in [-0.3, -0.25) is 14.4 Å². The topological polar surface area (TPSA) is 87.7 Å². The molecule has 168 valence electrons. The number of carbonyl (C=O) groups is 3. The van der Waals surface area contributed by atoms with Crippen LogP contribution in [-0.2, 0) is 4.79 Å². The van der Waals surface area contributed by atoms with Gasteiger partial charge in [-0.25, -0.2) is 0 Å². The molecule has 1 heterocycles. The van der Waals surface area contributed by atoms with E-state index >= 15 is 0 Å². The number of carbonyl (C=O) groups excluding carboxylic acids is 3. The van der Waals surface area contributed by atoms with Gasteiger partial charge in [0, 0.05) is 25.2 Å². The number of amides is 3. The molecule has 32 heavy (non-hydrogen) atoms. The molecular weight excluding hydrogens is 406 g/mol. The van der Waals surface area contributed by atoms with E-state index in [0.717, 1.165) is 0 Å². The Labute approximate surface area is 188 Å². The highest BCUT2D eigenvalue weighted by atomic mass is 16.5. The van der Waals surface area contributed by atoms with Crippen molar-refractivity contribution < 1.29 is 19.1 Å². The summed E-state index contributed by atoms with van der Waals surface area (Å²) in [6.45, 7) is 4.94. The zero-order chi connectivity index (χ0) is 22.9. The van der Waals surface area contributed by atoms with Crippen LogP contribution in [0, 0.1) is 5.92 Å². The fourth-order valence-corrected chi connectivity index (χ4v) is 3.92. The Bertz CT molecular complexity index is 953. The summed E-state index contributed by atoms with van der Waals surface area (Å²) < 4.78 is 5.32. The molecule has 7 nitrogen and oxygen atoms in total. The van der Waals surface area contributed by atoms with Crippen LogP contribution in [0.4, 0.5) is 0 Å². The zero-order valence-corrected chi connectivity index (χ0v) is 18.3. The first-order valence-electron chi connectivity index (χ1n) is 10.7. The molecule has 2 N–H and O–H groups in total. The number of likely N-dealkylation sites (tertiary alicyclic amines) is 1. The second kappa shape index (κ2) is 11.1. The molecule has 1 atom stereocenters. The van der Waals surface area contributed by atoms with E-state index in [1.165, 1.54) is 0 Å². The van der Waals surface area contributed by atoms with E-state index in [-0.39, 0.29) is 23.6 Å². The van der Waals surface area contributed by atoms with E-state index in [2.05, 4.69) is 17.2 Å². The normalized spacial score (nSPS) is 14.8. The Kier molecular flexibility index (Phi) is 8.02. The first kappa shape index (κ1) is 23.1. The summed E-state index contributed by atoms with van der Waals surface area (Å²) in [5, 5.41) is 5.69. The van der Waals surface area contributed by atoms with Gasteiger partial charge in [0.25, 0.3) is 11.8 Å². The van der Waals surface area contributed by atoms with Crippen LogP contribution in [0.2, 0.25) is 0 Å². The third-order valence-electron chi connectivity index (χ3n) is 5.66. The summed E-state index contributed by atoms with van der Waals surface area (Å²) in [5.41, 5.74) is 1.02. The van der Waals surface area contributed by atoms with Gasteiger partial charge in [0.2, 0.25) is 5.91 Å². The lowest BCUT2D eigenvalue weighted by Gasteiger charge is -2.36. The quantitative estimate of drug-likeness (QED) is 0.624. The monoisotopic (exact) mass is 435 g/mol. The third-order valence-corrected chi connectivity index (χ3v) is 5.66. The van der Waals surface area contributed by atoms with Crippen LogP contribution in [-0.4, -0.2) is 55.4 Å². The molecule has 2 aromatic carbocycles. The fraction of sp³-hybridized carbons (Fsp3) is 0.320. The smallest absolute Gasteiger partial charge is 0.257 e. The number of rotatable bonds is 8. The number of methoxy groups -OCH3 is 1.